The van der Waals surface area contributed by atoms with Gasteiger partial charge >= 0.3 is 5.97 Å². The van der Waals surface area contributed by atoms with Crippen molar-refractivity contribution in [2.45, 2.75) is 6.92 Å². The summed E-state index contributed by atoms with van der Waals surface area (Å²) in [6.07, 6.45) is 0. The van der Waals surface area contributed by atoms with Crippen LogP contribution in [0.1, 0.15) is 15.9 Å². The average molecular weight is 370 g/mol. The zero-order valence-electron chi connectivity index (χ0n) is 13.8. The van der Waals surface area contributed by atoms with Crippen LogP contribution in [0.25, 0.3) is 10.2 Å². The van der Waals surface area contributed by atoms with E-state index in [0.717, 1.165) is 15.8 Å². The van der Waals surface area contributed by atoms with E-state index in [1.54, 1.807) is 12.1 Å². The van der Waals surface area contributed by atoms with Gasteiger partial charge in [0.2, 0.25) is 6.79 Å². The zero-order valence-corrected chi connectivity index (χ0v) is 14.6. The number of amides is 1. The number of carbonyl (C=O) groups excluding carboxylic acids is 2. The van der Waals surface area contributed by atoms with E-state index < -0.39 is 18.5 Å². The van der Waals surface area contributed by atoms with E-state index >= 15 is 0 Å². The summed E-state index contributed by atoms with van der Waals surface area (Å²) < 4.78 is 16.4. The van der Waals surface area contributed by atoms with Crippen LogP contribution in [0.2, 0.25) is 0 Å². The second-order valence-corrected chi connectivity index (χ2v) is 6.71. The van der Waals surface area contributed by atoms with Gasteiger partial charge in [0.15, 0.2) is 23.2 Å². The molecule has 7 nitrogen and oxygen atoms in total. The van der Waals surface area contributed by atoms with E-state index in [1.807, 2.05) is 25.1 Å². The van der Waals surface area contributed by atoms with Crippen LogP contribution in [0, 0.1) is 6.92 Å². The predicted molar refractivity (Wildman–Crippen MR) is 95.8 cm³/mol. The Labute approximate surface area is 152 Å². The monoisotopic (exact) mass is 370 g/mol. The number of thiazole rings is 1. The minimum absolute atomic E-state index is 0.123. The Bertz CT molecular complexity index is 1010. The first-order chi connectivity index (χ1) is 12.6. The highest BCUT2D eigenvalue weighted by Gasteiger charge is 2.18. The number of aryl methyl sites for hydroxylation is 1. The highest BCUT2D eigenvalue weighted by atomic mass is 32.1. The van der Waals surface area contributed by atoms with Gasteiger partial charge in [-0.05, 0) is 42.8 Å². The average Bonchev–Trinajstić information content (AvgIpc) is 3.24. The van der Waals surface area contributed by atoms with Gasteiger partial charge in [-0.1, -0.05) is 17.4 Å². The van der Waals surface area contributed by atoms with Gasteiger partial charge in [-0.2, -0.15) is 0 Å². The first-order valence-electron chi connectivity index (χ1n) is 7.82. The Balaban J connectivity index is 1.36. The minimum Gasteiger partial charge on any atom is -0.454 e. The lowest BCUT2D eigenvalue weighted by Gasteiger charge is -2.05. The Kier molecular flexibility index (Phi) is 4.18. The molecule has 0 bridgehead atoms. The molecule has 0 saturated carbocycles. The van der Waals surface area contributed by atoms with Gasteiger partial charge in [-0.25, -0.2) is 9.78 Å². The molecule has 0 radical (unpaired) electrons. The van der Waals surface area contributed by atoms with Crippen LogP contribution in [-0.4, -0.2) is 30.3 Å². The number of rotatable bonds is 4. The molecule has 0 aliphatic carbocycles. The van der Waals surface area contributed by atoms with E-state index in [2.05, 4.69) is 10.3 Å². The molecule has 1 aromatic heterocycles. The lowest BCUT2D eigenvalue weighted by atomic mass is 10.2. The summed E-state index contributed by atoms with van der Waals surface area (Å²) in [5.74, 6) is -0.00715. The van der Waals surface area contributed by atoms with Crippen molar-refractivity contribution in [1.29, 1.82) is 0 Å². The first-order valence-corrected chi connectivity index (χ1v) is 8.64. The molecule has 1 aliphatic heterocycles. The smallest absolute Gasteiger partial charge is 0.338 e. The molecule has 0 atom stereocenters. The highest BCUT2D eigenvalue weighted by Crippen LogP contribution is 2.32. The zero-order chi connectivity index (χ0) is 18.1. The molecule has 3 aromatic rings. The summed E-state index contributed by atoms with van der Waals surface area (Å²) in [5, 5.41) is 3.11. The molecule has 2 aromatic carbocycles. The van der Waals surface area contributed by atoms with E-state index in [1.165, 1.54) is 17.4 Å². The summed E-state index contributed by atoms with van der Waals surface area (Å²) >= 11 is 1.37. The van der Waals surface area contributed by atoms with Crippen molar-refractivity contribution in [2.24, 2.45) is 0 Å². The Morgan fingerprint density at radius 3 is 2.92 bits per heavy atom. The third kappa shape index (κ3) is 3.31. The number of fused-ring (bicyclic) bond motifs is 2. The largest absolute Gasteiger partial charge is 0.454 e. The minimum atomic E-state index is -0.613. The summed E-state index contributed by atoms with van der Waals surface area (Å²) in [5.41, 5.74) is 2.22. The third-order valence-corrected chi connectivity index (χ3v) is 4.67. The highest BCUT2D eigenvalue weighted by molar-refractivity contribution is 7.22. The number of hydrogen-bond acceptors (Lipinski definition) is 7. The van der Waals surface area contributed by atoms with Gasteiger partial charge in [-0.15, -0.1) is 0 Å². The molecule has 0 saturated heterocycles. The number of nitrogens with zero attached hydrogens (tertiary/aromatic N) is 1. The van der Waals surface area contributed by atoms with Gasteiger partial charge in [0.1, 0.15) is 0 Å². The lowest BCUT2D eigenvalue weighted by Crippen LogP contribution is -2.20. The molecule has 1 aliphatic rings. The normalized spacial score (nSPS) is 12.2. The van der Waals surface area contributed by atoms with E-state index in [0.29, 0.717) is 16.6 Å². The quantitative estimate of drug-likeness (QED) is 0.710. The number of carbonyl (C=O) groups is 2. The van der Waals surface area contributed by atoms with E-state index in [-0.39, 0.29) is 12.4 Å². The number of anilines is 1. The second-order valence-electron chi connectivity index (χ2n) is 5.68. The number of hydrogen-bond donors (Lipinski definition) is 1. The van der Waals surface area contributed by atoms with Crippen LogP contribution in [0.5, 0.6) is 11.5 Å². The number of esters is 1. The van der Waals surface area contributed by atoms with Crippen LogP contribution in [0.4, 0.5) is 5.13 Å². The number of nitrogens with one attached hydrogen (secondary N) is 1. The maximum absolute atomic E-state index is 12.1. The van der Waals surface area contributed by atoms with Crippen molar-refractivity contribution >= 4 is 38.6 Å². The van der Waals surface area contributed by atoms with E-state index in [9.17, 15) is 9.59 Å². The van der Waals surface area contributed by atoms with E-state index in [4.69, 9.17) is 14.2 Å². The predicted octanol–water partition coefficient (Wildman–Crippen LogP) is 3.13. The Morgan fingerprint density at radius 2 is 2.04 bits per heavy atom. The van der Waals surface area contributed by atoms with Gasteiger partial charge in [0.25, 0.3) is 5.91 Å². The van der Waals surface area contributed by atoms with Gasteiger partial charge in [-0.3, -0.25) is 10.1 Å². The first kappa shape index (κ1) is 16.3. The fourth-order valence-electron chi connectivity index (χ4n) is 2.48. The maximum atomic E-state index is 12.1. The molecule has 2 heterocycles. The molecule has 132 valence electrons. The molecule has 4 rings (SSSR count). The van der Waals surface area contributed by atoms with Crippen molar-refractivity contribution in [3.8, 4) is 11.5 Å². The van der Waals surface area contributed by atoms with Crippen molar-refractivity contribution in [3.05, 3.63) is 47.5 Å². The van der Waals surface area contributed by atoms with Gasteiger partial charge in [0.05, 0.1) is 15.8 Å². The number of aromatic nitrogens is 1. The third-order valence-electron chi connectivity index (χ3n) is 3.73. The summed E-state index contributed by atoms with van der Waals surface area (Å²) in [6.45, 7) is 1.72. The van der Waals surface area contributed by atoms with Crippen molar-refractivity contribution in [1.82, 2.24) is 4.98 Å². The molecule has 8 heteroatoms. The van der Waals surface area contributed by atoms with Crippen LogP contribution in [0.15, 0.2) is 36.4 Å². The molecular formula is C18H14N2O5S. The number of ether oxygens (including phenoxy) is 3. The van der Waals surface area contributed by atoms with Crippen molar-refractivity contribution in [2.75, 3.05) is 18.7 Å². The van der Waals surface area contributed by atoms with Gasteiger partial charge < -0.3 is 14.2 Å². The SMILES string of the molecule is Cc1ccc2nc(NC(=O)COC(=O)c3ccc4c(c3)OCO4)sc2c1. The second kappa shape index (κ2) is 6.64. The fraction of sp³-hybridized carbons (Fsp3) is 0.167. The Hall–Kier alpha value is -3.13. The van der Waals surface area contributed by atoms with Crippen LogP contribution in [-0.2, 0) is 9.53 Å². The lowest BCUT2D eigenvalue weighted by molar-refractivity contribution is -0.119. The molecule has 1 amide bonds. The summed E-state index contributed by atoms with van der Waals surface area (Å²) in [6, 6.07) is 10.6. The van der Waals surface area contributed by atoms with Crippen molar-refractivity contribution in [3.63, 3.8) is 0 Å². The van der Waals surface area contributed by atoms with Crippen LogP contribution >= 0.6 is 11.3 Å². The topological polar surface area (TPSA) is 86.8 Å². The summed E-state index contributed by atoms with van der Waals surface area (Å²) in [7, 11) is 0. The molecule has 0 fully saturated rings. The molecule has 0 spiro atoms. The molecule has 0 unspecified atom stereocenters. The number of benzene rings is 2. The van der Waals surface area contributed by atoms with Crippen LogP contribution in [0.3, 0.4) is 0 Å². The van der Waals surface area contributed by atoms with Gasteiger partial charge in [0, 0.05) is 0 Å². The molecular weight excluding hydrogens is 356 g/mol. The molecule has 1 N–H and O–H groups in total. The Morgan fingerprint density at radius 1 is 1.19 bits per heavy atom. The maximum Gasteiger partial charge on any atom is 0.338 e. The summed E-state index contributed by atoms with van der Waals surface area (Å²) in [4.78, 5) is 28.4. The molecule has 26 heavy (non-hydrogen) atoms. The fourth-order valence-corrected chi connectivity index (χ4v) is 3.46. The standard InChI is InChI=1S/C18H14N2O5S/c1-10-2-4-12-15(6-10)26-18(19-12)20-16(21)8-23-17(22)11-3-5-13-14(7-11)25-9-24-13/h2-7H,8-9H2,1H3,(H,19,20,21). The van der Waals surface area contributed by atoms with Crippen molar-refractivity contribution < 1.29 is 23.8 Å². The van der Waals surface area contributed by atoms with Crippen LogP contribution < -0.4 is 14.8 Å².